The lowest BCUT2D eigenvalue weighted by atomic mass is 9.32. The van der Waals surface area contributed by atoms with Gasteiger partial charge in [-0.1, -0.05) is 53.7 Å². The second kappa shape index (κ2) is 13.9. The van der Waals surface area contributed by atoms with Gasteiger partial charge >= 0.3 is 5.97 Å². The molecule has 0 aromatic carbocycles. The SMILES string of the molecule is CC1CC1[C@@H]1CCC2(CNCC(=O)N3CCC(S(C)(=O)=O)CC3)CC[C@]3(C)[C@H](CC[C@@H]4[C@@]5(C)CC=C(C6=CC[C@](CF)(C(=O)O)CC6)C(C)(C)[C@@H]5CC[C@]43C)[C@@H]12. The van der Waals surface area contributed by atoms with E-state index in [9.17, 15) is 27.5 Å². The van der Waals surface area contributed by atoms with Gasteiger partial charge in [-0.3, -0.25) is 9.59 Å². The van der Waals surface area contributed by atoms with Gasteiger partial charge in [-0.05, 0) is 176 Å². The zero-order chi connectivity index (χ0) is 40.3. The van der Waals surface area contributed by atoms with E-state index in [0.717, 1.165) is 30.7 Å². The molecule has 0 aromatic rings. The third kappa shape index (κ3) is 6.16. The fourth-order valence-electron chi connectivity index (χ4n) is 16.3. The quantitative estimate of drug-likeness (QED) is 0.242. The van der Waals surface area contributed by atoms with Crippen molar-refractivity contribution in [1.82, 2.24) is 10.2 Å². The zero-order valence-corrected chi connectivity index (χ0v) is 36.5. The number of amides is 1. The highest BCUT2D eigenvalue weighted by Gasteiger charge is 2.71. The van der Waals surface area contributed by atoms with Crippen LogP contribution in [0.5, 0.6) is 0 Å². The van der Waals surface area contributed by atoms with Gasteiger partial charge in [-0.25, -0.2) is 12.8 Å². The van der Waals surface area contributed by atoms with Crippen molar-refractivity contribution in [2.45, 2.75) is 143 Å². The fraction of sp³-hybridized carbons (Fsp3) is 0.872. The van der Waals surface area contributed by atoms with Crippen LogP contribution in [0.1, 0.15) is 138 Å². The van der Waals surface area contributed by atoms with Gasteiger partial charge in [-0.2, -0.15) is 0 Å². The number of carboxylic acid groups (broad SMARTS) is 1. The molecular weight excluding hydrogens is 724 g/mol. The summed E-state index contributed by atoms with van der Waals surface area (Å²) in [6.07, 6.45) is 21.0. The summed E-state index contributed by atoms with van der Waals surface area (Å²) in [5.41, 5.74) is 2.34. The lowest BCUT2D eigenvalue weighted by Gasteiger charge is -2.72. The molecule has 6 fully saturated rings. The van der Waals surface area contributed by atoms with Gasteiger partial charge in [-0.15, -0.1) is 0 Å². The van der Waals surface area contributed by atoms with Gasteiger partial charge in [0.2, 0.25) is 5.91 Å². The Balaban J connectivity index is 1.01. The van der Waals surface area contributed by atoms with Crippen molar-refractivity contribution in [3.8, 4) is 0 Å². The molecule has 8 aliphatic rings. The summed E-state index contributed by atoms with van der Waals surface area (Å²) in [6.45, 7) is 17.0. The van der Waals surface area contributed by atoms with E-state index < -0.39 is 27.9 Å². The molecule has 1 saturated heterocycles. The van der Waals surface area contributed by atoms with Crippen LogP contribution in [0.25, 0.3) is 0 Å². The minimum Gasteiger partial charge on any atom is -0.481 e. The van der Waals surface area contributed by atoms with Gasteiger partial charge < -0.3 is 15.3 Å². The summed E-state index contributed by atoms with van der Waals surface area (Å²) in [5, 5.41) is 13.3. The highest BCUT2D eigenvalue weighted by molar-refractivity contribution is 7.91. The maximum atomic E-state index is 14.0. The molecule has 2 N–H and O–H groups in total. The Kier molecular flexibility index (Phi) is 10.2. The van der Waals surface area contributed by atoms with Crippen LogP contribution in [-0.2, 0) is 19.4 Å². The molecule has 56 heavy (non-hydrogen) atoms. The molecule has 12 atom stereocenters. The first-order valence-electron chi connectivity index (χ1n) is 22.6. The maximum Gasteiger partial charge on any atom is 0.312 e. The van der Waals surface area contributed by atoms with E-state index in [1.807, 2.05) is 4.90 Å². The van der Waals surface area contributed by atoms with Crippen molar-refractivity contribution in [2.24, 2.45) is 73.9 Å². The van der Waals surface area contributed by atoms with E-state index in [0.29, 0.717) is 69.0 Å². The molecule has 9 heteroatoms. The van der Waals surface area contributed by atoms with Gasteiger partial charge in [0.1, 0.15) is 16.5 Å². The first kappa shape index (κ1) is 41.0. The van der Waals surface area contributed by atoms with Crippen LogP contribution in [0.15, 0.2) is 23.3 Å². The average Bonchev–Trinajstić information content (AvgIpc) is 3.75. The lowest BCUT2D eigenvalue weighted by molar-refractivity contribution is -0.228. The molecule has 7 nitrogen and oxygen atoms in total. The number of carboxylic acids is 1. The first-order chi connectivity index (χ1) is 26.3. The smallest absolute Gasteiger partial charge is 0.312 e. The number of rotatable bonds is 9. The number of aliphatic carboxylic acids is 1. The monoisotopic (exact) mass is 797 g/mol. The highest BCUT2D eigenvalue weighted by Crippen LogP contribution is 2.78. The third-order valence-corrected chi connectivity index (χ3v) is 21.5. The van der Waals surface area contributed by atoms with Crippen LogP contribution in [0, 0.1) is 73.9 Å². The molecular formula is C47H73FN2O5S. The van der Waals surface area contributed by atoms with Crippen molar-refractivity contribution < 1.29 is 27.5 Å². The van der Waals surface area contributed by atoms with Gasteiger partial charge in [0.15, 0.2) is 0 Å². The third-order valence-electron chi connectivity index (χ3n) is 19.8. The second-order valence-electron chi connectivity index (χ2n) is 22.3. The average molecular weight is 797 g/mol. The Morgan fingerprint density at radius 1 is 0.875 bits per heavy atom. The Morgan fingerprint density at radius 2 is 1.59 bits per heavy atom. The number of fused-ring (bicyclic) bond motifs is 7. The number of allylic oxidation sites excluding steroid dienone is 4. The number of sulfone groups is 1. The van der Waals surface area contributed by atoms with Crippen LogP contribution in [0.4, 0.5) is 4.39 Å². The number of likely N-dealkylation sites (tertiary alicyclic amines) is 1. The van der Waals surface area contributed by atoms with Crippen molar-refractivity contribution in [2.75, 3.05) is 39.1 Å². The summed E-state index contributed by atoms with van der Waals surface area (Å²) in [4.78, 5) is 27.3. The molecule has 314 valence electrons. The number of alkyl halides is 1. The summed E-state index contributed by atoms with van der Waals surface area (Å²) in [7, 11) is -3.07. The van der Waals surface area contributed by atoms with E-state index >= 15 is 0 Å². The Hall–Kier alpha value is -1.74. The lowest BCUT2D eigenvalue weighted by Crippen LogP contribution is -2.66. The van der Waals surface area contributed by atoms with Crippen LogP contribution >= 0.6 is 0 Å². The minimum absolute atomic E-state index is 0.0239. The van der Waals surface area contributed by atoms with Crippen molar-refractivity contribution in [3.63, 3.8) is 0 Å². The summed E-state index contributed by atoms with van der Waals surface area (Å²) in [5.74, 6) is 4.18. The van der Waals surface area contributed by atoms with Gasteiger partial charge in [0.25, 0.3) is 0 Å². The van der Waals surface area contributed by atoms with E-state index in [4.69, 9.17) is 0 Å². The molecule has 7 aliphatic carbocycles. The molecule has 3 unspecified atom stereocenters. The first-order valence-corrected chi connectivity index (χ1v) is 24.6. The number of hydrogen-bond donors (Lipinski definition) is 2. The van der Waals surface area contributed by atoms with Crippen LogP contribution in [0.2, 0.25) is 0 Å². The number of carbonyl (C=O) groups is 2. The van der Waals surface area contributed by atoms with Crippen LogP contribution in [-0.4, -0.2) is 74.7 Å². The Bertz CT molecular complexity index is 1770. The Morgan fingerprint density at radius 3 is 2.20 bits per heavy atom. The van der Waals surface area contributed by atoms with E-state index in [1.165, 1.54) is 75.2 Å². The standard InChI is InChI=1S/C47H73FN2O5S/c1-30-26-34(30)33-12-21-47(29-49-27-39(51)50-24-15-32(16-25-50)56(7,54)55)23-22-44(5)36(40(33)47)8-9-38-43(4)17-13-35(42(2,3)37(43)14-18-45(38,44)6)31-10-19-46(28-48,20-11-31)41(52)53/h10,13,30,32-34,36-38,40,49H,8-9,11-12,14-29H2,1-7H3,(H,52,53)/t30?,33-,34?,36+,37-,38+,40+,43-,44+,45+,46-,47?/m0/s1. The zero-order valence-electron chi connectivity index (χ0n) is 35.7. The molecule has 0 aromatic heterocycles. The predicted octanol–water partition coefficient (Wildman–Crippen LogP) is 9.04. The van der Waals surface area contributed by atoms with Crippen molar-refractivity contribution >= 4 is 21.7 Å². The molecule has 0 bridgehead atoms. The Labute approximate surface area is 337 Å². The summed E-state index contributed by atoms with van der Waals surface area (Å²) < 4.78 is 38.2. The predicted molar refractivity (Wildman–Crippen MR) is 220 cm³/mol. The maximum absolute atomic E-state index is 14.0. The van der Waals surface area contributed by atoms with Crippen molar-refractivity contribution in [3.05, 3.63) is 23.3 Å². The molecule has 8 rings (SSSR count). The number of halogens is 1. The number of hydrogen-bond acceptors (Lipinski definition) is 5. The minimum atomic E-state index is -3.07. The molecule has 0 radical (unpaired) electrons. The van der Waals surface area contributed by atoms with Crippen LogP contribution in [0.3, 0.4) is 0 Å². The van der Waals surface area contributed by atoms with E-state index in [-0.39, 0.29) is 44.7 Å². The normalized spacial score (nSPS) is 46.1. The topological polar surface area (TPSA) is 104 Å². The molecule has 5 saturated carbocycles. The van der Waals surface area contributed by atoms with Crippen molar-refractivity contribution in [1.29, 1.82) is 0 Å². The highest BCUT2D eigenvalue weighted by atomic mass is 32.2. The molecule has 1 aliphatic heterocycles. The number of carbonyl (C=O) groups excluding carboxylic acids is 1. The summed E-state index contributed by atoms with van der Waals surface area (Å²) in [6, 6.07) is 0. The van der Waals surface area contributed by atoms with E-state index in [1.54, 1.807) is 0 Å². The molecule has 1 amide bonds. The molecule has 1 heterocycles. The number of nitrogens with one attached hydrogen (secondary N) is 1. The van der Waals surface area contributed by atoms with Gasteiger partial charge in [0.05, 0.1) is 17.2 Å². The van der Waals surface area contributed by atoms with E-state index in [2.05, 4.69) is 59.0 Å². The second-order valence-corrected chi connectivity index (χ2v) is 24.7. The van der Waals surface area contributed by atoms with Gasteiger partial charge in [0, 0.05) is 25.9 Å². The fourth-order valence-corrected chi connectivity index (χ4v) is 17.3. The largest absolute Gasteiger partial charge is 0.481 e. The number of nitrogens with zero attached hydrogens (tertiary/aromatic N) is 1. The summed E-state index contributed by atoms with van der Waals surface area (Å²) >= 11 is 0. The molecule has 0 spiro atoms. The number of piperidine rings is 1. The van der Waals surface area contributed by atoms with Crippen LogP contribution < -0.4 is 5.32 Å².